The van der Waals surface area contributed by atoms with E-state index in [1.807, 2.05) is 13.0 Å². The number of sulfonamides is 1. The Morgan fingerprint density at radius 1 is 1.20 bits per heavy atom. The molecule has 0 bridgehead atoms. The maximum absolute atomic E-state index is 12.5. The van der Waals surface area contributed by atoms with Crippen LogP contribution in [0.5, 0.6) is 5.75 Å². The smallest absolute Gasteiger partial charge is 0.252 e. The molecule has 0 saturated carbocycles. The van der Waals surface area contributed by atoms with Crippen molar-refractivity contribution in [3.05, 3.63) is 54.1 Å². The van der Waals surface area contributed by atoms with E-state index in [4.69, 9.17) is 10.5 Å². The molecule has 30 heavy (non-hydrogen) atoms. The van der Waals surface area contributed by atoms with Gasteiger partial charge in [0.2, 0.25) is 10.0 Å². The van der Waals surface area contributed by atoms with Gasteiger partial charge in [0.25, 0.3) is 5.91 Å². The molecule has 3 rings (SSSR count). The Morgan fingerprint density at radius 3 is 2.67 bits per heavy atom. The lowest BCUT2D eigenvalue weighted by atomic mass is 10.2. The Bertz CT molecular complexity index is 1160. The Kier molecular flexibility index (Phi) is 6.28. The molecule has 4 N–H and O–H groups in total. The number of nitrogens with one attached hydrogen (secondary N) is 2. The van der Waals surface area contributed by atoms with Crippen molar-refractivity contribution in [2.24, 2.45) is 5.73 Å². The first-order chi connectivity index (χ1) is 14.3. The van der Waals surface area contributed by atoms with Crippen molar-refractivity contribution in [1.82, 2.24) is 24.5 Å². The molecule has 0 saturated heterocycles. The van der Waals surface area contributed by atoms with Gasteiger partial charge in [0.05, 0.1) is 23.3 Å². The topological polar surface area (TPSA) is 154 Å². The fourth-order valence-corrected chi connectivity index (χ4v) is 3.68. The van der Waals surface area contributed by atoms with Crippen molar-refractivity contribution in [2.45, 2.75) is 11.8 Å². The van der Waals surface area contributed by atoms with Crippen LogP contribution in [0.1, 0.15) is 16.1 Å². The second-order valence-electron chi connectivity index (χ2n) is 6.21. The maximum atomic E-state index is 12.5. The van der Waals surface area contributed by atoms with Gasteiger partial charge in [-0.2, -0.15) is 5.10 Å². The fraction of sp³-hybridized carbons (Fsp3) is 0.222. The van der Waals surface area contributed by atoms with Crippen molar-refractivity contribution in [3.63, 3.8) is 0 Å². The molecule has 3 aromatic rings. The molecule has 0 radical (unpaired) electrons. The Labute approximate surface area is 173 Å². The predicted octanol–water partition coefficient (Wildman–Crippen LogP) is 0.469. The Balaban J connectivity index is 1.61. The lowest BCUT2D eigenvalue weighted by Gasteiger charge is -2.11. The zero-order valence-corrected chi connectivity index (χ0v) is 17.2. The second-order valence-corrected chi connectivity index (χ2v) is 7.98. The summed E-state index contributed by atoms with van der Waals surface area (Å²) in [4.78, 5) is 19.7. The largest absolute Gasteiger partial charge is 0.496 e. The van der Waals surface area contributed by atoms with Gasteiger partial charge in [-0.3, -0.25) is 4.79 Å². The number of amides is 1. The summed E-state index contributed by atoms with van der Waals surface area (Å²) >= 11 is 0. The number of aryl methyl sites for hydroxylation is 1. The number of methoxy groups -OCH3 is 1. The van der Waals surface area contributed by atoms with Gasteiger partial charge in [-0.25, -0.2) is 27.8 Å². The minimum Gasteiger partial charge on any atom is -0.496 e. The summed E-state index contributed by atoms with van der Waals surface area (Å²) in [7, 11) is -2.48. The summed E-state index contributed by atoms with van der Waals surface area (Å²) in [5.41, 5.74) is 6.13. The van der Waals surface area contributed by atoms with Crippen LogP contribution < -0.4 is 20.5 Å². The van der Waals surface area contributed by atoms with Crippen LogP contribution in [0.25, 0.3) is 5.82 Å². The van der Waals surface area contributed by atoms with Crippen molar-refractivity contribution >= 4 is 21.7 Å². The van der Waals surface area contributed by atoms with Crippen molar-refractivity contribution < 1.29 is 17.9 Å². The first kappa shape index (κ1) is 21.2. The number of primary amides is 1. The lowest BCUT2D eigenvalue weighted by molar-refractivity contribution is 0.0997. The standard InChI is InChI=1S/C18H21N7O4S/c1-12-5-8-25(24-12)17-10-16(21-11-22-17)20-6-7-23-30(27,28)13-3-4-15(29-2)14(9-13)18(19)26/h3-5,8-11,23H,6-7H2,1-2H3,(H2,19,26)(H,20,21,22). The van der Waals surface area contributed by atoms with E-state index in [0.29, 0.717) is 11.6 Å². The highest BCUT2D eigenvalue weighted by Gasteiger charge is 2.18. The Hall–Kier alpha value is -3.51. The summed E-state index contributed by atoms with van der Waals surface area (Å²) in [5, 5.41) is 7.30. The SMILES string of the molecule is COc1ccc(S(=O)(=O)NCCNc2cc(-n3ccc(C)n3)ncn2)cc1C(N)=O. The van der Waals surface area contributed by atoms with Crippen LogP contribution in [0.15, 0.2) is 47.8 Å². The van der Waals surface area contributed by atoms with E-state index >= 15 is 0 Å². The number of hydrogen-bond acceptors (Lipinski definition) is 8. The number of hydrogen-bond donors (Lipinski definition) is 3. The van der Waals surface area contributed by atoms with Gasteiger partial charge in [-0.1, -0.05) is 0 Å². The molecule has 0 aliphatic heterocycles. The number of aromatic nitrogens is 4. The van der Waals surface area contributed by atoms with Crippen LogP contribution in [-0.4, -0.2) is 54.3 Å². The number of ether oxygens (including phenoxy) is 1. The highest BCUT2D eigenvalue weighted by molar-refractivity contribution is 7.89. The van der Waals surface area contributed by atoms with Crippen molar-refractivity contribution in [3.8, 4) is 11.6 Å². The summed E-state index contributed by atoms with van der Waals surface area (Å²) in [6.07, 6.45) is 3.17. The summed E-state index contributed by atoms with van der Waals surface area (Å²) in [5.74, 6) is 0.527. The van der Waals surface area contributed by atoms with Gasteiger partial charge in [0.1, 0.15) is 17.9 Å². The van der Waals surface area contributed by atoms with Crippen LogP contribution in [-0.2, 0) is 10.0 Å². The van der Waals surface area contributed by atoms with Crippen molar-refractivity contribution in [1.29, 1.82) is 0 Å². The molecule has 0 aliphatic rings. The van der Waals surface area contributed by atoms with Crippen molar-refractivity contribution in [2.75, 3.05) is 25.5 Å². The molecule has 0 atom stereocenters. The summed E-state index contributed by atoms with van der Waals surface area (Å²) < 4.78 is 34.1. The average Bonchev–Trinajstić information content (AvgIpc) is 3.17. The van der Waals surface area contributed by atoms with Gasteiger partial charge in [-0.05, 0) is 31.2 Å². The number of carbonyl (C=O) groups is 1. The van der Waals surface area contributed by atoms with Crippen LogP contribution >= 0.6 is 0 Å². The van der Waals surface area contributed by atoms with Crippen LogP contribution in [0.4, 0.5) is 5.82 Å². The minimum atomic E-state index is -3.84. The number of rotatable bonds is 9. The lowest BCUT2D eigenvalue weighted by Crippen LogP contribution is -2.29. The van der Waals surface area contributed by atoms with Crippen LogP contribution in [0.3, 0.4) is 0 Å². The summed E-state index contributed by atoms with van der Waals surface area (Å²) in [6, 6.07) is 7.45. The minimum absolute atomic E-state index is 0.0131. The third-order valence-corrected chi connectivity index (χ3v) is 5.54. The van der Waals surface area contributed by atoms with Gasteiger partial charge >= 0.3 is 0 Å². The predicted molar refractivity (Wildman–Crippen MR) is 109 cm³/mol. The molecule has 12 heteroatoms. The first-order valence-electron chi connectivity index (χ1n) is 8.86. The maximum Gasteiger partial charge on any atom is 0.252 e. The number of benzene rings is 1. The molecule has 2 heterocycles. The van der Waals surface area contributed by atoms with E-state index in [1.54, 1.807) is 16.9 Å². The van der Waals surface area contributed by atoms with Crippen LogP contribution in [0.2, 0.25) is 0 Å². The molecular formula is C18H21N7O4S. The first-order valence-corrected chi connectivity index (χ1v) is 10.3. The van der Waals surface area contributed by atoms with E-state index in [9.17, 15) is 13.2 Å². The van der Waals surface area contributed by atoms with Gasteiger partial charge < -0.3 is 15.8 Å². The fourth-order valence-electron chi connectivity index (χ4n) is 2.62. The molecule has 0 aliphatic carbocycles. The third kappa shape index (κ3) is 4.90. The molecule has 2 aromatic heterocycles. The molecule has 1 aromatic carbocycles. The summed E-state index contributed by atoms with van der Waals surface area (Å²) in [6.45, 7) is 2.23. The number of carbonyl (C=O) groups excluding carboxylic acids is 1. The van der Waals surface area contributed by atoms with Gasteiger partial charge in [0, 0.05) is 25.4 Å². The highest BCUT2D eigenvalue weighted by Crippen LogP contribution is 2.21. The van der Waals surface area contributed by atoms with Crippen LogP contribution in [0, 0.1) is 6.92 Å². The zero-order chi connectivity index (χ0) is 21.7. The van der Waals surface area contributed by atoms with E-state index in [0.717, 1.165) is 5.69 Å². The molecular weight excluding hydrogens is 410 g/mol. The molecule has 11 nitrogen and oxygen atoms in total. The van der Waals surface area contributed by atoms with E-state index in [2.05, 4.69) is 25.1 Å². The van der Waals surface area contributed by atoms with E-state index < -0.39 is 15.9 Å². The normalized spacial score (nSPS) is 11.3. The quantitative estimate of drug-likeness (QED) is 0.413. The zero-order valence-electron chi connectivity index (χ0n) is 16.4. The molecule has 158 valence electrons. The second kappa shape index (κ2) is 8.88. The monoisotopic (exact) mass is 431 g/mol. The van der Waals surface area contributed by atoms with Gasteiger partial charge in [0.15, 0.2) is 5.82 Å². The number of anilines is 1. The van der Waals surface area contributed by atoms with E-state index in [-0.39, 0.29) is 29.3 Å². The Morgan fingerprint density at radius 2 is 2.00 bits per heavy atom. The molecule has 0 unspecified atom stereocenters. The van der Waals surface area contributed by atoms with E-state index in [1.165, 1.54) is 31.6 Å². The van der Waals surface area contributed by atoms with Gasteiger partial charge in [-0.15, -0.1) is 0 Å². The number of nitrogens with zero attached hydrogens (tertiary/aromatic N) is 4. The molecule has 1 amide bonds. The molecule has 0 fully saturated rings. The number of nitrogens with two attached hydrogens (primary N) is 1. The third-order valence-electron chi connectivity index (χ3n) is 4.08. The highest BCUT2D eigenvalue weighted by atomic mass is 32.2. The molecule has 0 spiro atoms. The average molecular weight is 431 g/mol.